The molecule has 3 atom stereocenters. The molecule has 4 fully saturated rings. The average molecular weight is 736 g/mol. The molecule has 1 aromatic carbocycles. The fourth-order valence-electron chi connectivity index (χ4n) is 8.86. The van der Waals surface area contributed by atoms with Crippen molar-refractivity contribution in [3.05, 3.63) is 44.6 Å². The largest absolute Gasteiger partial charge is 0.418 e. The Morgan fingerprint density at radius 3 is 2.36 bits per heavy atom. The molecule has 7 rings (SSSR count). The predicted molar refractivity (Wildman–Crippen MR) is 187 cm³/mol. The number of carbonyl (C=O) groups is 3. The van der Waals surface area contributed by atoms with Crippen molar-refractivity contribution in [2.24, 2.45) is 5.92 Å². The molecule has 272 valence electrons. The number of hydrogen-bond donors (Lipinski definition) is 2. The summed E-state index contributed by atoms with van der Waals surface area (Å²) in [6.45, 7) is 4.64. The van der Waals surface area contributed by atoms with Gasteiger partial charge in [0, 0.05) is 81.8 Å². The van der Waals surface area contributed by atoms with Crippen LogP contribution < -0.4 is 10.6 Å². The number of nitrogens with zero attached hydrogens (tertiary/aromatic N) is 5. The highest BCUT2D eigenvalue weighted by molar-refractivity contribution is 7.10. The van der Waals surface area contributed by atoms with E-state index in [1.165, 1.54) is 19.5 Å². The highest BCUT2D eigenvalue weighted by Crippen LogP contribution is 2.40. The number of nitrogens with one attached hydrogen (secondary N) is 2. The number of likely N-dealkylation sites (tertiary alicyclic amines) is 4. The molecule has 0 saturated carbocycles. The summed E-state index contributed by atoms with van der Waals surface area (Å²) < 4.78 is 42.2. The van der Waals surface area contributed by atoms with E-state index in [0.29, 0.717) is 63.7 Å². The highest BCUT2D eigenvalue weighted by Gasteiger charge is 2.45. The Balaban J connectivity index is 1.03. The van der Waals surface area contributed by atoms with Crippen LogP contribution in [0.3, 0.4) is 0 Å². The van der Waals surface area contributed by atoms with Gasteiger partial charge in [-0.2, -0.15) is 13.2 Å². The number of benzene rings is 1. The Labute approximate surface area is 299 Å². The van der Waals surface area contributed by atoms with Gasteiger partial charge in [-0.1, -0.05) is 11.6 Å². The van der Waals surface area contributed by atoms with E-state index in [0.717, 1.165) is 42.6 Å². The van der Waals surface area contributed by atoms with E-state index in [2.05, 4.69) is 27.5 Å². The first-order valence-corrected chi connectivity index (χ1v) is 18.9. The zero-order chi connectivity index (χ0) is 35.3. The first-order valence-electron chi connectivity index (χ1n) is 17.6. The Kier molecular flexibility index (Phi) is 10.0. The molecule has 1 aromatic heterocycles. The summed E-state index contributed by atoms with van der Waals surface area (Å²) in [6.07, 6.45) is -0.720. The molecule has 5 aliphatic heterocycles. The first kappa shape index (κ1) is 35.3. The molecule has 0 spiro atoms. The van der Waals surface area contributed by atoms with Gasteiger partial charge in [-0.25, -0.2) is 4.79 Å². The van der Waals surface area contributed by atoms with Gasteiger partial charge in [0.1, 0.15) is 0 Å². The molecule has 2 N–H and O–H groups in total. The van der Waals surface area contributed by atoms with E-state index in [1.54, 1.807) is 16.2 Å². The van der Waals surface area contributed by atoms with E-state index >= 15 is 0 Å². The van der Waals surface area contributed by atoms with Gasteiger partial charge in [0.2, 0.25) is 11.8 Å². The highest BCUT2D eigenvalue weighted by atomic mass is 35.5. The van der Waals surface area contributed by atoms with E-state index in [4.69, 9.17) is 11.6 Å². The number of likely N-dealkylation sites (N-methyl/N-ethyl adjacent to an activating group) is 1. The summed E-state index contributed by atoms with van der Waals surface area (Å²) >= 11 is 7.93. The maximum absolute atomic E-state index is 14.2. The number of thiophene rings is 1. The van der Waals surface area contributed by atoms with Crippen LogP contribution in [-0.4, -0.2) is 120 Å². The second-order valence-corrected chi connectivity index (χ2v) is 15.9. The number of fused-ring (bicyclic) bond motifs is 3. The van der Waals surface area contributed by atoms with Crippen LogP contribution >= 0.6 is 22.9 Å². The lowest BCUT2D eigenvalue weighted by molar-refractivity contribution is -0.143. The SMILES string of the molecule is CNc1c(Cl)cc(C[C@@H](CC(=O)N2CCC(N3Cc4sccc4NC3=O)CC2)C(=O)N2CCC(N3CC4CC3CN4C)CC2)cc1C(F)(F)F. The van der Waals surface area contributed by atoms with Crippen LogP contribution in [0.5, 0.6) is 0 Å². The van der Waals surface area contributed by atoms with Crippen molar-refractivity contribution in [2.75, 3.05) is 64.0 Å². The number of alkyl halides is 3. The molecule has 6 heterocycles. The third-order valence-corrected chi connectivity index (χ3v) is 12.8. The van der Waals surface area contributed by atoms with Crippen molar-refractivity contribution < 1.29 is 27.6 Å². The predicted octanol–water partition coefficient (Wildman–Crippen LogP) is 5.43. The van der Waals surface area contributed by atoms with E-state index in [1.807, 2.05) is 21.2 Å². The van der Waals surface area contributed by atoms with Crippen molar-refractivity contribution in [2.45, 2.75) is 81.8 Å². The fourth-order valence-corrected chi connectivity index (χ4v) is 10.0. The summed E-state index contributed by atoms with van der Waals surface area (Å²) in [5, 5.41) is 7.38. The summed E-state index contributed by atoms with van der Waals surface area (Å²) in [6, 6.07) is 5.80. The molecule has 5 aliphatic rings. The summed E-state index contributed by atoms with van der Waals surface area (Å²) in [7, 11) is 3.56. The van der Waals surface area contributed by atoms with Gasteiger partial charge in [0.25, 0.3) is 0 Å². The summed E-state index contributed by atoms with van der Waals surface area (Å²) in [5.41, 5.74) is 0.00227. The van der Waals surface area contributed by atoms with Crippen LogP contribution in [0.25, 0.3) is 0 Å². The van der Waals surface area contributed by atoms with Gasteiger partial charge in [-0.15, -0.1) is 11.3 Å². The van der Waals surface area contributed by atoms with Crippen LogP contribution in [0.4, 0.5) is 29.3 Å². The topological polar surface area (TPSA) is 91.5 Å². The average Bonchev–Trinajstić information content (AvgIpc) is 3.82. The summed E-state index contributed by atoms with van der Waals surface area (Å²) in [5.74, 6) is -1.24. The number of halogens is 4. The standard InChI is InChI=1S/C35H45ClF3N7O3S/c1-40-32-27(35(37,38)39)14-21(15-28(32)36)13-22(33(48)44-10-5-23(6-11-44)45-19-25-17-26(45)18-42(25)2)16-31(47)43-8-3-24(4-9-43)46-20-30-29(7-12-50-30)41-34(46)49/h7,12,14-15,22-26,40H,3-6,8-11,13,16-20H2,1-2H3,(H,41,49)/t22-,25?,26?/m0/s1. The molecule has 2 bridgehead atoms. The maximum atomic E-state index is 14.2. The smallest absolute Gasteiger partial charge is 0.386 e. The molecule has 2 unspecified atom stereocenters. The first-order chi connectivity index (χ1) is 23.9. The van der Waals surface area contributed by atoms with Gasteiger partial charge in [0.15, 0.2) is 0 Å². The lowest BCUT2D eigenvalue weighted by Gasteiger charge is -2.42. The molecule has 15 heteroatoms. The number of anilines is 2. The number of carbonyl (C=O) groups excluding carboxylic acids is 3. The molecule has 0 radical (unpaired) electrons. The zero-order valence-corrected chi connectivity index (χ0v) is 30.0. The quantitative estimate of drug-likeness (QED) is 0.376. The maximum Gasteiger partial charge on any atom is 0.418 e. The number of urea groups is 1. The van der Waals surface area contributed by atoms with Gasteiger partial charge in [0.05, 0.1) is 34.4 Å². The van der Waals surface area contributed by atoms with Gasteiger partial charge in [-0.05, 0) is 74.7 Å². The van der Waals surface area contributed by atoms with E-state index in [9.17, 15) is 27.6 Å². The van der Waals surface area contributed by atoms with Crippen LogP contribution in [0.1, 0.15) is 54.5 Å². The minimum absolute atomic E-state index is 0.0205. The lowest BCUT2D eigenvalue weighted by Crippen LogP contribution is -2.54. The van der Waals surface area contributed by atoms with Crippen LogP contribution in [0.2, 0.25) is 5.02 Å². The Hall–Kier alpha value is -3.07. The number of amides is 4. The minimum atomic E-state index is -4.65. The molecule has 0 aliphatic carbocycles. The van der Waals surface area contributed by atoms with Gasteiger partial charge >= 0.3 is 12.2 Å². The van der Waals surface area contributed by atoms with Crippen molar-refractivity contribution in [3.8, 4) is 0 Å². The Morgan fingerprint density at radius 1 is 1.02 bits per heavy atom. The lowest BCUT2D eigenvalue weighted by atomic mass is 9.91. The van der Waals surface area contributed by atoms with Crippen molar-refractivity contribution >= 4 is 52.2 Å². The molecule has 10 nitrogen and oxygen atoms in total. The molecule has 2 aromatic rings. The third kappa shape index (κ3) is 7.05. The van der Waals surface area contributed by atoms with E-state index in [-0.39, 0.29) is 53.0 Å². The van der Waals surface area contributed by atoms with Gasteiger partial charge in [-0.3, -0.25) is 14.5 Å². The van der Waals surface area contributed by atoms with Gasteiger partial charge < -0.3 is 30.2 Å². The van der Waals surface area contributed by atoms with Crippen LogP contribution in [0, 0.1) is 5.92 Å². The third-order valence-electron chi connectivity index (χ3n) is 11.6. The number of hydrogen-bond acceptors (Lipinski definition) is 7. The molecule has 4 saturated heterocycles. The Bertz CT molecular complexity index is 1610. The van der Waals surface area contributed by atoms with Crippen molar-refractivity contribution in [3.63, 3.8) is 0 Å². The minimum Gasteiger partial charge on any atom is -0.386 e. The van der Waals surface area contributed by atoms with Crippen LogP contribution in [0.15, 0.2) is 23.6 Å². The molecule has 50 heavy (non-hydrogen) atoms. The van der Waals surface area contributed by atoms with E-state index < -0.39 is 17.7 Å². The second-order valence-electron chi connectivity index (χ2n) is 14.5. The monoisotopic (exact) mass is 735 g/mol. The second kappa shape index (κ2) is 14.2. The molecule has 4 amide bonds. The normalized spacial score (nSPS) is 24.4. The molecular weight excluding hydrogens is 691 g/mol. The number of rotatable bonds is 8. The number of piperazine rings is 1. The number of piperidine rings is 2. The summed E-state index contributed by atoms with van der Waals surface area (Å²) in [4.78, 5) is 52.3. The molecular formula is C35H45ClF3N7O3S. The Morgan fingerprint density at radius 2 is 1.72 bits per heavy atom. The fraction of sp³-hybridized carbons (Fsp3) is 0.629. The zero-order valence-electron chi connectivity index (χ0n) is 28.5. The van der Waals surface area contributed by atoms with Crippen LogP contribution in [-0.2, 0) is 28.7 Å². The van der Waals surface area contributed by atoms with Crippen molar-refractivity contribution in [1.29, 1.82) is 0 Å². The van der Waals surface area contributed by atoms with Crippen molar-refractivity contribution in [1.82, 2.24) is 24.5 Å².